The van der Waals surface area contributed by atoms with Crippen molar-refractivity contribution < 1.29 is 0 Å². The Morgan fingerprint density at radius 3 is 2.86 bits per heavy atom. The molecule has 0 saturated carbocycles. The Bertz CT molecular complexity index is 371. The molecule has 0 aliphatic carbocycles. The van der Waals surface area contributed by atoms with E-state index in [1.54, 1.807) is 0 Å². The van der Waals surface area contributed by atoms with Crippen LogP contribution in [0.15, 0.2) is 5.57 Å². The molecule has 0 spiro atoms. The maximum absolute atomic E-state index is 6.14. The highest BCUT2D eigenvalue weighted by Crippen LogP contribution is 2.23. The van der Waals surface area contributed by atoms with Gasteiger partial charge in [-0.1, -0.05) is 17.2 Å². The predicted octanol–water partition coefficient (Wildman–Crippen LogP) is 1.76. The Balaban J connectivity index is 2.36. The van der Waals surface area contributed by atoms with Gasteiger partial charge in [-0.2, -0.15) is 5.10 Å². The van der Waals surface area contributed by atoms with Crippen LogP contribution in [0.4, 0.5) is 0 Å². The summed E-state index contributed by atoms with van der Waals surface area (Å²) in [6.45, 7) is 3.97. The first-order valence-corrected chi connectivity index (χ1v) is 5.15. The van der Waals surface area contributed by atoms with Gasteiger partial charge in [-0.25, -0.2) is 0 Å². The summed E-state index contributed by atoms with van der Waals surface area (Å²) in [4.78, 5) is 0. The molecule has 76 valence electrons. The Morgan fingerprint density at radius 1 is 1.57 bits per heavy atom. The van der Waals surface area contributed by atoms with Crippen LogP contribution in [0.2, 0.25) is 5.02 Å². The summed E-state index contributed by atoms with van der Waals surface area (Å²) in [6, 6.07) is 0. The lowest BCUT2D eigenvalue weighted by Gasteiger charge is -1.98. The summed E-state index contributed by atoms with van der Waals surface area (Å²) < 4.78 is 1.84. The first kappa shape index (κ1) is 9.74. The van der Waals surface area contributed by atoms with Crippen LogP contribution in [0.5, 0.6) is 0 Å². The molecule has 0 unspecified atom stereocenters. The Kier molecular flexibility index (Phi) is 2.61. The van der Waals surface area contributed by atoms with E-state index < -0.39 is 0 Å². The van der Waals surface area contributed by atoms with Crippen LogP contribution >= 0.6 is 11.6 Å². The Morgan fingerprint density at radius 2 is 2.36 bits per heavy atom. The van der Waals surface area contributed by atoms with E-state index in [2.05, 4.69) is 16.5 Å². The lowest BCUT2D eigenvalue weighted by atomic mass is 10.2. The summed E-state index contributed by atoms with van der Waals surface area (Å²) in [6.07, 6.45) is 3.25. The fourth-order valence-corrected chi connectivity index (χ4v) is 1.92. The van der Waals surface area contributed by atoms with Crippen molar-refractivity contribution in [2.24, 2.45) is 7.05 Å². The van der Waals surface area contributed by atoms with E-state index in [9.17, 15) is 0 Å². The van der Waals surface area contributed by atoms with Crippen LogP contribution in [0.3, 0.4) is 0 Å². The fourth-order valence-electron chi connectivity index (χ4n) is 1.71. The number of hydrogen-bond donors (Lipinski definition) is 1. The molecule has 2 heterocycles. The first-order chi connectivity index (χ1) is 6.68. The number of nitrogens with zero attached hydrogens (tertiary/aromatic N) is 2. The Hall–Kier alpha value is -0.800. The van der Waals surface area contributed by atoms with Gasteiger partial charge in [0.25, 0.3) is 0 Å². The molecule has 0 radical (unpaired) electrons. The van der Waals surface area contributed by atoms with Gasteiger partial charge in [0.15, 0.2) is 0 Å². The highest BCUT2D eigenvalue weighted by atomic mass is 35.5. The van der Waals surface area contributed by atoms with Crippen molar-refractivity contribution in [2.75, 3.05) is 13.1 Å². The van der Waals surface area contributed by atoms with E-state index in [0.717, 1.165) is 35.9 Å². The third kappa shape index (κ3) is 1.70. The number of nitrogens with one attached hydrogen (secondary N) is 1. The van der Waals surface area contributed by atoms with Crippen molar-refractivity contribution in [1.82, 2.24) is 15.1 Å². The molecule has 0 atom stereocenters. The largest absolute Gasteiger partial charge is 0.313 e. The van der Waals surface area contributed by atoms with Crippen molar-refractivity contribution in [3.05, 3.63) is 22.0 Å². The smallest absolute Gasteiger partial charge is 0.0888 e. The molecule has 4 heteroatoms. The van der Waals surface area contributed by atoms with Crippen molar-refractivity contribution in [2.45, 2.75) is 13.3 Å². The minimum absolute atomic E-state index is 0.770. The predicted molar refractivity (Wildman–Crippen MR) is 58.4 cm³/mol. The summed E-state index contributed by atoms with van der Waals surface area (Å²) in [7, 11) is 1.92. The zero-order chi connectivity index (χ0) is 10.1. The second-order valence-electron chi connectivity index (χ2n) is 3.64. The number of aryl methyl sites for hydroxylation is 2. The molecule has 1 aromatic heterocycles. The summed E-state index contributed by atoms with van der Waals surface area (Å²) in [5.74, 6) is 0. The highest BCUT2D eigenvalue weighted by molar-refractivity contribution is 6.32. The lowest BCUT2D eigenvalue weighted by molar-refractivity contribution is 0.748. The van der Waals surface area contributed by atoms with Gasteiger partial charge in [-0.15, -0.1) is 0 Å². The van der Waals surface area contributed by atoms with Gasteiger partial charge in [-0.05, 0) is 26.0 Å². The van der Waals surface area contributed by atoms with E-state index in [4.69, 9.17) is 11.6 Å². The summed E-state index contributed by atoms with van der Waals surface area (Å²) in [5.41, 5.74) is 3.31. The lowest BCUT2D eigenvalue weighted by Crippen LogP contribution is -2.04. The van der Waals surface area contributed by atoms with Crippen molar-refractivity contribution >= 4 is 17.7 Å². The van der Waals surface area contributed by atoms with Gasteiger partial charge in [0.05, 0.1) is 16.4 Å². The van der Waals surface area contributed by atoms with E-state index in [-0.39, 0.29) is 0 Å². The normalized spacial score (nSPS) is 19.5. The second-order valence-corrected chi connectivity index (χ2v) is 4.02. The molecule has 1 saturated heterocycles. The Labute approximate surface area is 88.8 Å². The van der Waals surface area contributed by atoms with Gasteiger partial charge < -0.3 is 5.32 Å². The van der Waals surface area contributed by atoms with E-state index in [0.29, 0.717) is 0 Å². The summed E-state index contributed by atoms with van der Waals surface area (Å²) in [5, 5.41) is 8.34. The molecule has 1 aromatic rings. The highest BCUT2D eigenvalue weighted by Gasteiger charge is 2.11. The molecule has 14 heavy (non-hydrogen) atoms. The molecule has 1 aliphatic heterocycles. The van der Waals surface area contributed by atoms with Crippen LogP contribution < -0.4 is 5.32 Å². The molecule has 2 rings (SSSR count). The van der Waals surface area contributed by atoms with Crippen LogP contribution in [0.25, 0.3) is 6.08 Å². The molecule has 1 N–H and O–H groups in total. The second kappa shape index (κ2) is 3.75. The quantitative estimate of drug-likeness (QED) is 0.767. The molecular formula is C10H14ClN3. The minimum atomic E-state index is 0.770. The van der Waals surface area contributed by atoms with Crippen molar-refractivity contribution in [1.29, 1.82) is 0 Å². The molecular weight excluding hydrogens is 198 g/mol. The van der Waals surface area contributed by atoms with E-state index in [1.807, 2.05) is 18.7 Å². The van der Waals surface area contributed by atoms with Gasteiger partial charge in [0.1, 0.15) is 0 Å². The third-order valence-electron chi connectivity index (χ3n) is 2.51. The van der Waals surface area contributed by atoms with Crippen molar-refractivity contribution in [3.63, 3.8) is 0 Å². The third-order valence-corrected chi connectivity index (χ3v) is 2.97. The number of hydrogen-bond acceptors (Lipinski definition) is 2. The summed E-state index contributed by atoms with van der Waals surface area (Å²) >= 11 is 6.14. The van der Waals surface area contributed by atoms with Gasteiger partial charge in [-0.3, -0.25) is 4.68 Å². The van der Waals surface area contributed by atoms with Gasteiger partial charge >= 0.3 is 0 Å². The monoisotopic (exact) mass is 211 g/mol. The maximum atomic E-state index is 6.14. The van der Waals surface area contributed by atoms with Gasteiger partial charge in [0, 0.05) is 13.6 Å². The standard InChI is InChI=1S/C10H14ClN3/c1-7-10(11)9(14(2)13-7)5-8-3-4-12-6-8/h5,12H,3-4,6H2,1-2H3. The number of aromatic nitrogens is 2. The van der Waals surface area contributed by atoms with E-state index in [1.165, 1.54) is 5.57 Å². The minimum Gasteiger partial charge on any atom is -0.313 e. The number of halogens is 1. The van der Waals surface area contributed by atoms with Gasteiger partial charge in [0.2, 0.25) is 0 Å². The van der Waals surface area contributed by atoms with E-state index >= 15 is 0 Å². The van der Waals surface area contributed by atoms with Crippen LogP contribution in [-0.4, -0.2) is 22.9 Å². The molecule has 0 aromatic carbocycles. The molecule has 1 aliphatic rings. The average Bonchev–Trinajstić information content (AvgIpc) is 2.71. The maximum Gasteiger partial charge on any atom is 0.0888 e. The zero-order valence-electron chi connectivity index (χ0n) is 8.47. The molecule has 3 nitrogen and oxygen atoms in total. The zero-order valence-corrected chi connectivity index (χ0v) is 9.23. The van der Waals surface area contributed by atoms with Crippen LogP contribution in [0, 0.1) is 6.92 Å². The van der Waals surface area contributed by atoms with Crippen LogP contribution in [-0.2, 0) is 7.05 Å². The average molecular weight is 212 g/mol. The molecule has 0 amide bonds. The SMILES string of the molecule is Cc1nn(C)c(C=C2CCNC2)c1Cl. The topological polar surface area (TPSA) is 29.9 Å². The first-order valence-electron chi connectivity index (χ1n) is 4.77. The number of rotatable bonds is 1. The van der Waals surface area contributed by atoms with Crippen molar-refractivity contribution in [3.8, 4) is 0 Å². The van der Waals surface area contributed by atoms with Crippen LogP contribution in [0.1, 0.15) is 17.8 Å². The molecule has 0 bridgehead atoms. The molecule has 1 fully saturated rings. The fraction of sp³-hybridized carbons (Fsp3) is 0.500.